The number of aliphatic hydroxyl groups is 1. The van der Waals surface area contributed by atoms with Gasteiger partial charge in [-0.3, -0.25) is 14.9 Å². The molecule has 0 bridgehead atoms. The van der Waals surface area contributed by atoms with Crippen molar-refractivity contribution in [3.05, 3.63) is 33.9 Å². The minimum absolute atomic E-state index is 0.106. The van der Waals surface area contributed by atoms with E-state index >= 15 is 0 Å². The van der Waals surface area contributed by atoms with Crippen molar-refractivity contribution in [1.29, 1.82) is 0 Å². The van der Waals surface area contributed by atoms with E-state index in [2.05, 4.69) is 10.2 Å². The van der Waals surface area contributed by atoms with Crippen LogP contribution in [0.3, 0.4) is 0 Å². The van der Waals surface area contributed by atoms with Gasteiger partial charge in [-0.25, -0.2) is 0 Å². The second-order valence-electron chi connectivity index (χ2n) is 6.65. The lowest BCUT2D eigenvalue weighted by molar-refractivity contribution is -0.384. The van der Waals surface area contributed by atoms with E-state index in [-0.39, 0.29) is 18.1 Å². The summed E-state index contributed by atoms with van der Waals surface area (Å²) in [6, 6.07) is 4.39. The van der Waals surface area contributed by atoms with Crippen LogP contribution in [-0.2, 0) is 0 Å². The van der Waals surface area contributed by atoms with Crippen molar-refractivity contribution in [2.45, 2.75) is 39.2 Å². The number of amides is 1. The Balaban J connectivity index is 2.16. The third-order valence-electron chi connectivity index (χ3n) is 4.12. The zero-order valence-corrected chi connectivity index (χ0v) is 14.2. The summed E-state index contributed by atoms with van der Waals surface area (Å²) >= 11 is 0. The highest BCUT2D eigenvalue weighted by atomic mass is 16.6. The molecule has 1 aliphatic rings. The summed E-state index contributed by atoms with van der Waals surface area (Å²) in [4.78, 5) is 25.1. The molecule has 0 aromatic heterocycles. The van der Waals surface area contributed by atoms with E-state index < -0.39 is 11.0 Å². The van der Waals surface area contributed by atoms with Crippen LogP contribution in [-0.4, -0.2) is 41.7 Å². The highest BCUT2D eigenvalue weighted by molar-refractivity contribution is 6.00. The second kappa shape index (κ2) is 8.10. The Kier molecular flexibility index (Phi) is 6.14. The molecule has 1 aromatic carbocycles. The van der Waals surface area contributed by atoms with Crippen molar-refractivity contribution in [3.8, 4) is 0 Å². The van der Waals surface area contributed by atoms with E-state index in [1.54, 1.807) is 6.07 Å². The zero-order chi connectivity index (χ0) is 17.7. The molecule has 1 unspecified atom stereocenters. The maximum absolute atomic E-state index is 12.5. The molecule has 2 N–H and O–H groups in total. The Labute approximate surface area is 141 Å². The van der Waals surface area contributed by atoms with Gasteiger partial charge in [0.15, 0.2) is 0 Å². The molecular formula is C17H25N3O4. The van der Waals surface area contributed by atoms with Crippen LogP contribution in [0.25, 0.3) is 0 Å². The molecule has 0 radical (unpaired) electrons. The Bertz CT molecular complexity index is 597. The summed E-state index contributed by atoms with van der Waals surface area (Å²) in [5, 5.41) is 23.6. The predicted molar refractivity (Wildman–Crippen MR) is 92.3 cm³/mol. The molecular weight excluding hydrogens is 310 g/mol. The van der Waals surface area contributed by atoms with E-state index in [4.69, 9.17) is 0 Å². The highest BCUT2D eigenvalue weighted by Gasteiger charge is 2.22. The number of hydrogen-bond acceptors (Lipinski definition) is 5. The number of non-ortho nitro benzene ring substituents is 1. The van der Waals surface area contributed by atoms with E-state index in [0.29, 0.717) is 23.6 Å². The first-order valence-electron chi connectivity index (χ1n) is 8.38. The Morgan fingerprint density at radius 3 is 2.62 bits per heavy atom. The first-order chi connectivity index (χ1) is 11.4. The van der Waals surface area contributed by atoms with Gasteiger partial charge in [0.25, 0.3) is 11.6 Å². The van der Waals surface area contributed by atoms with Gasteiger partial charge in [0, 0.05) is 31.8 Å². The zero-order valence-electron chi connectivity index (χ0n) is 14.2. The Morgan fingerprint density at radius 2 is 2.04 bits per heavy atom. The van der Waals surface area contributed by atoms with Gasteiger partial charge in [-0.15, -0.1) is 0 Å². The quantitative estimate of drug-likeness (QED) is 0.589. The van der Waals surface area contributed by atoms with Gasteiger partial charge in [0.1, 0.15) is 0 Å². The SMILES string of the molecule is CC(C)CC(O)CNC(=O)c1cc([N+](=O)[O-])ccc1N1CCCC1. The van der Waals surface area contributed by atoms with Crippen LogP contribution in [0.2, 0.25) is 0 Å². The Morgan fingerprint density at radius 1 is 1.38 bits per heavy atom. The fraction of sp³-hybridized carbons (Fsp3) is 0.588. The third kappa shape index (κ3) is 4.67. The number of nitrogens with one attached hydrogen (secondary N) is 1. The molecule has 1 amide bonds. The van der Waals surface area contributed by atoms with Crippen molar-refractivity contribution in [3.63, 3.8) is 0 Å². The number of nitro benzene ring substituents is 1. The van der Waals surface area contributed by atoms with Crippen LogP contribution in [0.1, 0.15) is 43.5 Å². The van der Waals surface area contributed by atoms with Crippen molar-refractivity contribution in [1.82, 2.24) is 5.32 Å². The first kappa shape index (κ1) is 18.2. The summed E-state index contributed by atoms with van der Waals surface area (Å²) in [5.74, 6) is -0.0571. The minimum Gasteiger partial charge on any atom is -0.391 e. The number of nitrogens with zero attached hydrogens (tertiary/aromatic N) is 2. The largest absolute Gasteiger partial charge is 0.391 e. The number of rotatable bonds is 7. The van der Waals surface area contributed by atoms with E-state index in [9.17, 15) is 20.0 Å². The molecule has 132 valence electrons. The van der Waals surface area contributed by atoms with Gasteiger partial charge >= 0.3 is 0 Å². The second-order valence-corrected chi connectivity index (χ2v) is 6.65. The van der Waals surface area contributed by atoms with Gasteiger partial charge in [0.05, 0.1) is 22.3 Å². The van der Waals surface area contributed by atoms with Crippen LogP contribution in [0.4, 0.5) is 11.4 Å². The first-order valence-corrected chi connectivity index (χ1v) is 8.38. The van der Waals surface area contributed by atoms with Crippen LogP contribution in [0, 0.1) is 16.0 Å². The van der Waals surface area contributed by atoms with Gasteiger partial charge in [-0.1, -0.05) is 13.8 Å². The number of anilines is 1. The molecule has 24 heavy (non-hydrogen) atoms. The topological polar surface area (TPSA) is 95.7 Å². The predicted octanol–water partition coefficient (Wildman–Crippen LogP) is 2.33. The molecule has 1 saturated heterocycles. The molecule has 1 fully saturated rings. The van der Waals surface area contributed by atoms with Gasteiger partial charge in [-0.05, 0) is 31.2 Å². The lowest BCUT2D eigenvalue weighted by Gasteiger charge is -2.21. The molecule has 1 aromatic rings. The van der Waals surface area contributed by atoms with Crippen LogP contribution in [0.15, 0.2) is 18.2 Å². The fourth-order valence-electron chi connectivity index (χ4n) is 2.99. The van der Waals surface area contributed by atoms with E-state index in [1.807, 2.05) is 13.8 Å². The number of benzene rings is 1. The molecule has 1 atom stereocenters. The average Bonchev–Trinajstić information content (AvgIpc) is 3.05. The van der Waals surface area contributed by atoms with Crippen molar-refractivity contribution in [2.24, 2.45) is 5.92 Å². The maximum Gasteiger partial charge on any atom is 0.270 e. The monoisotopic (exact) mass is 335 g/mol. The average molecular weight is 335 g/mol. The van der Waals surface area contributed by atoms with Crippen LogP contribution >= 0.6 is 0 Å². The van der Waals surface area contributed by atoms with Gasteiger partial charge in [0.2, 0.25) is 0 Å². The summed E-state index contributed by atoms with van der Waals surface area (Å²) in [6.07, 6.45) is 2.06. The van der Waals surface area contributed by atoms with Crippen LogP contribution < -0.4 is 10.2 Å². The number of aliphatic hydroxyl groups excluding tert-OH is 1. The number of carbonyl (C=O) groups is 1. The summed E-state index contributed by atoms with van der Waals surface area (Å²) in [7, 11) is 0. The Hall–Kier alpha value is -2.15. The number of hydrogen-bond donors (Lipinski definition) is 2. The molecule has 0 saturated carbocycles. The van der Waals surface area contributed by atoms with E-state index in [1.165, 1.54) is 12.1 Å². The highest BCUT2D eigenvalue weighted by Crippen LogP contribution is 2.28. The lowest BCUT2D eigenvalue weighted by atomic mass is 10.1. The minimum atomic E-state index is -0.622. The molecule has 2 rings (SSSR count). The fourth-order valence-corrected chi connectivity index (χ4v) is 2.99. The van der Waals surface area contributed by atoms with Gasteiger partial charge in [-0.2, -0.15) is 0 Å². The van der Waals surface area contributed by atoms with Crippen molar-refractivity contribution < 1.29 is 14.8 Å². The number of nitro groups is 1. The van der Waals surface area contributed by atoms with Crippen molar-refractivity contribution >= 4 is 17.3 Å². The van der Waals surface area contributed by atoms with Gasteiger partial charge < -0.3 is 15.3 Å². The smallest absolute Gasteiger partial charge is 0.270 e. The molecule has 1 aliphatic heterocycles. The van der Waals surface area contributed by atoms with E-state index in [0.717, 1.165) is 25.9 Å². The summed E-state index contributed by atoms with van der Waals surface area (Å²) in [5.41, 5.74) is 0.905. The standard InChI is InChI=1S/C17H25N3O4/c1-12(2)9-14(21)11-18-17(22)15-10-13(20(23)24)5-6-16(15)19-7-3-4-8-19/h5-6,10,12,14,21H,3-4,7-9,11H2,1-2H3,(H,18,22). The number of carbonyl (C=O) groups excluding carboxylic acids is 1. The summed E-state index contributed by atoms with van der Waals surface area (Å²) in [6.45, 7) is 5.81. The molecule has 0 aliphatic carbocycles. The normalized spacial score (nSPS) is 15.6. The van der Waals surface area contributed by atoms with Crippen LogP contribution in [0.5, 0.6) is 0 Å². The molecule has 0 spiro atoms. The molecule has 7 heteroatoms. The molecule has 7 nitrogen and oxygen atoms in total. The molecule has 1 heterocycles. The van der Waals surface area contributed by atoms with Crippen molar-refractivity contribution in [2.75, 3.05) is 24.5 Å². The maximum atomic E-state index is 12.5. The third-order valence-corrected chi connectivity index (χ3v) is 4.12. The lowest BCUT2D eigenvalue weighted by Crippen LogP contribution is -2.34. The summed E-state index contributed by atoms with van der Waals surface area (Å²) < 4.78 is 0.